The molecule has 8 N–H and O–H groups in total. The maximum atomic E-state index is 12.6. The van der Waals surface area contributed by atoms with Gasteiger partial charge in [0.1, 0.15) is 23.3 Å². The number of anilines is 4. The van der Waals surface area contributed by atoms with Crippen molar-refractivity contribution in [1.29, 1.82) is 10.8 Å². The summed E-state index contributed by atoms with van der Waals surface area (Å²) in [6.07, 6.45) is 0. The zero-order valence-electron chi connectivity index (χ0n) is 18.7. The normalized spacial score (nSPS) is 10.2. The summed E-state index contributed by atoms with van der Waals surface area (Å²) < 4.78 is 0. The highest BCUT2D eigenvalue weighted by Crippen LogP contribution is 2.18. The van der Waals surface area contributed by atoms with Crippen LogP contribution in [0.4, 0.5) is 32.6 Å². The summed E-state index contributed by atoms with van der Waals surface area (Å²) in [7, 11) is 3.19. The molecule has 0 aliphatic rings. The molecule has 4 amide bonds. The third-order valence-electron chi connectivity index (χ3n) is 4.96. The summed E-state index contributed by atoms with van der Waals surface area (Å²) in [4.78, 5) is 32.3. The number of hydrogen-bond donors (Lipinski definition) is 6. The predicted molar refractivity (Wildman–Crippen MR) is 134 cm³/mol. The molecular weight excluding hydrogens is 434 g/mol. The van der Waals surface area contributed by atoms with E-state index in [0.717, 1.165) is 0 Å². The molecule has 1 aromatic heterocycles. The number of amidine groups is 2. The van der Waals surface area contributed by atoms with E-state index in [9.17, 15) is 9.59 Å². The summed E-state index contributed by atoms with van der Waals surface area (Å²) in [6.45, 7) is 0. The van der Waals surface area contributed by atoms with Crippen molar-refractivity contribution >= 4 is 46.7 Å². The van der Waals surface area contributed by atoms with Crippen LogP contribution in [-0.2, 0) is 0 Å². The van der Waals surface area contributed by atoms with E-state index in [0.29, 0.717) is 22.5 Å². The fourth-order valence-corrected chi connectivity index (χ4v) is 2.92. The molecule has 3 rings (SSSR count). The van der Waals surface area contributed by atoms with Crippen molar-refractivity contribution in [3.63, 3.8) is 0 Å². The summed E-state index contributed by atoms with van der Waals surface area (Å²) in [6, 6.07) is 17.3. The average Bonchev–Trinajstić information content (AvgIpc) is 2.83. The van der Waals surface area contributed by atoms with Crippen molar-refractivity contribution in [3.05, 3.63) is 77.9 Å². The van der Waals surface area contributed by atoms with Gasteiger partial charge in [-0.1, -0.05) is 6.07 Å². The molecule has 0 radical (unpaired) electrons. The van der Waals surface area contributed by atoms with E-state index < -0.39 is 12.1 Å². The van der Waals surface area contributed by atoms with Gasteiger partial charge in [0.05, 0.1) is 0 Å². The number of benzene rings is 2. The van der Waals surface area contributed by atoms with Gasteiger partial charge in [0.25, 0.3) is 0 Å². The molecule has 0 spiro atoms. The van der Waals surface area contributed by atoms with Gasteiger partial charge < -0.3 is 11.5 Å². The maximum absolute atomic E-state index is 12.6. The Labute approximate surface area is 196 Å². The summed E-state index contributed by atoms with van der Waals surface area (Å²) in [5.74, 6) is 0.396. The van der Waals surface area contributed by atoms with Gasteiger partial charge in [0.2, 0.25) is 0 Å². The number of nitrogens with zero attached hydrogens (tertiary/aromatic N) is 3. The fraction of sp³-hybridized carbons (Fsp3) is 0.0870. The topological polar surface area (TPSA) is 177 Å². The number of hydrogen-bond acceptors (Lipinski definition) is 5. The smallest absolute Gasteiger partial charge is 0.327 e. The molecule has 11 nitrogen and oxygen atoms in total. The lowest BCUT2D eigenvalue weighted by atomic mass is 10.2. The third kappa shape index (κ3) is 5.65. The maximum Gasteiger partial charge on any atom is 0.327 e. The number of carbonyl (C=O) groups is 2. The first-order valence-electron chi connectivity index (χ1n) is 10.1. The molecule has 0 fully saturated rings. The molecule has 11 heteroatoms. The number of rotatable bonds is 6. The predicted octanol–water partition coefficient (Wildman–Crippen LogP) is 2.99. The largest absolute Gasteiger partial charge is 0.384 e. The van der Waals surface area contributed by atoms with Gasteiger partial charge in [-0.25, -0.2) is 14.6 Å². The third-order valence-corrected chi connectivity index (χ3v) is 4.96. The standard InChI is InChI=1S/C23H25N9O2/c1-31(16-10-6-14(7-11-16)20(24)25)22(33)29-18-4-3-5-19(28-18)30-23(34)32(2)17-12-8-15(9-13-17)21(26)27/h3-13H,1-2H3,(H3,24,25)(H3,26,27)(H2,28,29,30,33,34). The molecule has 0 saturated carbocycles. The van der Waals surface area contributed by atoms with E-state index in [-0.39, 0.29) is 23.3 Å². The van der Waals surface area contributed by atoms with Crippen molar-refractivity contribution in [1.82, 2.24) is 4.98 Å². The van der Waals surface area contributed by atoms with Gasteiger partial charge in [0.15, 0.2) is 0 Å². The second-order valence-electron chi connectivity index (χ2n) is 7.31. The molecule has 0 aliphatic heterocycles. The van der Waals surface area contributed by atoms with Gasteiger partial charge in [-0.2, -0.15) is 0 Å². The van der Waals surface area contributed by atoms with E-state index in [1.165, 1.54) is 9.80 Å². The molecule has 0 bridgehead atoms. The number of pyridine rings is 1. The number of nitrogen functional groups attached to an aromatic ring is 2. The highest BCUT2D eigenvalue weighted by molar-refractivity contribution is 6.03. The fourth-order valence-electron chi connectivity index (χ4n) is 2.92. The zero-order chi connectivity index (χ0) is 24.8. The van der Waals surface area contributed by atoms with Crippen LogP contribution in [0.15, 0.2) is 66.7 Å². The molecule has 174 valence electrons. The lowest BCUT2D eigenvalue weighted by Gasteiger charge is -2.19. The monoisotopic (exact) mass is 459 g/mol. The van der Waals surface area contributed by atoms with Crippen LogP contribution in [0.3, 0.4) is 0 Å². The zero-order valence-corrected chi connectivity index (χ0v) is 18.7. The van der Waals surface area contributed by atoms with Gasteiger partial charge in [-0.15, -0.1) is 0 Å². The first-order chi connectivity index (χ1) is 16.2. The van der Waals surface area contributed by atoms with Crippen LogP contribution in [0.25, 0.3) is 0 Å². The van der Waals surface area contributed by atoms with E-state index in [2.05, 4.69) is 15.6 Å². The van der Waals surface area contributed by atoms with Crippen LogP contribution in [0.1, 0.15) is 11.1 Å². The van der Waals surface area contributed by atoms with E-state index >= 15 is 0 Å². The summed E-state index contributed by atoms with van der Waals surface area (Å²) >= 11 is 0. The molecule has 1 heterocycles. The Morgan fingerprint density at radius 1 is 0.706 bits per heavy atom. The van der Waals surface area contributed by atoms with Gasteiger partial charge >= 0.3 is 12.1 Å². The summed E-state index contributed by atoms with van der Waals surface area (Å²) in [5.41, 5.74) is 13.2. The van der Waals surface area contributed by atoms with Crippen LogP contribution in [0.5, 0.6) is 0 Å². The quantitative estimate of drug-likeness (QED) is 0.245. The average molecular weight is 460 g/mol. The Morgan fingerprint density at radius 3 is 1.38 bits per heavy atom. The summed E-state index contributed by atoms with van der Waals surface area (Å²) in [5, 5.41) is 20.3. The van der Waals surface area contributed by atoms with E-state index in [1.54, 1.807) is 80.8 Å². The number of nitrogens with two attached hydrogens (primary N) is 2. The van der Waals surface area contributed by atoms with Crippen molar-refractivity contribution in [3.8, 4) is 0 Å². The van der Waals surface area contributed by atoms with Crippen LogP contribution < -0.4 is 31.9 Å². The molecule has 2 aromatic carbocycles. The second-order valence-corrected chi connectivity index (χ2v) is 7.31. The molecule has 0 unspecified atom stereocenters. The Balaban J connectivity index is 1.64. The molecule has 0 atom stereocenters. The minimum atomic E-state index is -0.436. The Bertz CT molecular complexity index is 1130. The minimum Gasteiger partial charge on any atom is -0.384 e. The molecule has 3 aromatic rings. The highest BCUT2D eigenvalue weighted by atomic mass is 16.2. The number of amides is 4. The Morgan fingerprint density at radius 2 is 1.06 bits per heavy atom. The van der Waals surface area contributed by atoms with Crippen LogP contribution in [0, 0.1) is 10.8 Å². The van der Waals surface area contributed by atoms with Crippen molar-refractivity contribution in [2.75, 3.05) is 34.5 Å². The van der Waals surface area contributed by atoms with Crippen molar-refractivity contribution in [2.45, 2.75) is 0 Å². The second kappa shape index (κ2) is 10.1. The molecule has 34 heavy (non-hydrogen) atoms. The number of carbonyl (C=O) groups excluding carboxylic acids is 2. The minimum absolute atomic E-state index is 0.0552. The van der Waals surface area contributed by atoms with Crippen molar-refractivity contribution in [2.24, 2.45) is 11.5 Å². The highest BCUT2D eigenvalue weighted by Gasteiger charge is 2.15. The number of urea groups is 2. The Hall–Kier alpha value is -4.93. The molecule has 0 aliphatic carbocycles. The first kappa shape index (κ1) is 23.7. The van der Waals surface area contributed by atoms with Gasteiger partial charge in [-0.3, -0.25) is 31.3 Å². The van der Waals surface area contributed by atoms with E-state index in [4.69, 9.17) is 22.3 Å². The number of nitrogens with one attached hydrogen (secondary N) is 4. The van der Waals surface area contributed by atoms with Gasteiger partial charge in [0, 0.05) is 36.6 Å². The lowest BCUT2D eigenvalue weighted by molar-refractivity contribution is 0.257. The lowest BCUT2D eigenvalue weighted by Crippen LogP contribution is -2.32. The number of aromatic nitrogens is 1. The van der Waals surface area contributed by atoms with Crippen molar-refractivity contribution < 1.29 is 9.59 Å². The molecular formula is C23H25N9O2. The Kier molecular flexibility index (Phi) is 7.07. The molecule has 0 saturated heterocycles. The van der Waals surface area contributed by atoms with E-state index in [1.807, 2.05) is 0 Å². The first-order valence-corrected chi connectivity index (χ1v) is 10.1. The van der Waals surface area contributed by atoms with Crippen LogP contribution in [-0.4, -0.2) is 42.8 Å². The SMILES string of the molecule is CN(C(=O)Nc1cccc(NC(=O)N(C)c2ccc(C(=N)N)cc2)n1)c1ccc(C(=N)N)cc1. The van der Waals surface area contributed by atoms with Crippen LogP contribution in [0.2, 0.25) is 0 Å². The van der Waals surface area contributed by atoms with Crippen LogP contribution >= 0.6 is 0 Å². The van der Waals surface area contributed by atoms with Gasteiger partial charge in [-0.05, 0) is 60.7 Å².